The largest absolute Gasteiger partial charge is 0.491 e. The summed E-state index contributed by atoms with van der Waals surface area (Å²) in [6.07, 6.45) is 1.75. The lowest BCUT2D eigenvalue weighted by atomic mass is 10.1. The Hall–Kier alpha value is -1.55. The summed E-state index contributed by atoms with van der Waals surface area (Å²) in [7, 11) is 0. The monoisotopic (exact) mass is 263 g/mol. The molecule has 4 nitrogen and oxygen atoms in total. The highest BCUT2D eigenvalue weighted by Crippen LogP contribution is 2.45. The van der Waals surface area contributed by atoms with Crippen LogP contribution in [0.1, 0.15) is 32.3 Å². The van der Waals surface area contributed by atoms with Crippen LogP contribution in [0.15, 0.2) is 24.3 Å². The minimum absolute atomic E-state index is 0.175. The van der Waals surface area contributed by atoms with Crippen molar-refractivity contribution >= 4 is 5.97 Å². The fraction of sp³-hybridized carbons (Fsp3) is 0.533. The molecule has 1 aliphatic rings. The highest BCUT2D eigenvalue weighted by molar-refractivity contribution is 5.78. The molecule has 0 aliphatic heterocycles. The van der Waals surface area contributed by atoms with Crippen molar-refractivity contribution in [2.45, 2.75) is 39.3 Å². The van der Waals surface area contributed by atoms with Crippen LogP contribution in [0, 0.1) is 5.41 Å². The van der Waals surface area contributed by atoms with Gasteiger partial charge in [-0.1, -0.05) is 12.1 Å². The molecule has 0 amide bonds. The molecule has 0 bridgehead atoms. The number of hydrogen-bond donors (Lipinski definition) is 2. The molecule has 104 valence electrons. The van der Waals surface area contributed by atoms with Crippen LogP contribution >= 0.6 is 0 Å². The van der Waals surface area contributed by atoms with Gasteiger partial charge in [-0.25, -0.2) is 0 Å². The number of nitrogens with one attached hydrogen (secondary N) is 1. The van der Waals surface area contributed by atoms with Crippen LogP contribution in [-0.2, 0) is 11.3 Å². The number of carboxylic acid groups (broad SMARTS) is 1. The van der Waals surface area contributed by atoms with Crippen LogP contribution in [0.2, 0.25) is 0 Å². The molecule has 0 atom stereocenters. The van der Waals surface area contributed by atoms with E-state index in [4.69, 9.17) is 9.84 Å². The van der Waals surface area contributed by atoms with Crippen molar-refractivity contribution in [3.63, 3.8) is 0 Å². The fourth-order valence-electron chi connectivity index (χ4n) is 2.02. The van der Waals surface area contributed by atoms with Gasteiger partial charge in [-0.05, 0) is 44.4 Å². The van der Waals surface area contributed by atoms with Crippen LogP contribution in [0.5, 0.6) is 5.75 Å². The van der Waals surface area contributed by atoms with Crippen molar-refractivity contribution < 1.29 is 14.6 Å². The molecular weight excluding hydrogens is 242 g/mol. The van der Waals surface area contributed by atoms with Crippen LogP contribution < -0.4 is 10.1 Å². The molecule has 0 unspecified atom stereocenters. The molecule has 1 aromatic rings. The van der Waals surface area contributed by atoms with E-state index in [0.717, 1.165) is 24.2 Å². The molecule has 1 saturated carbocycles. The van der Waals surface area contributed by atoms with Crippen LogP contribution in [0.25, 0.3) is 0 Å². The van der Waals surface area contributed by atoms with E-state index in [-0.39, 0.29) is 6.10 Å². The predicted molar refractivity (Wildman–Crippen MR) is 73.2 cm³/mol. The van der Waals surface area contributed by atoms with E-state index in [0.29, 0.717) is 13.1 Å². The number of carbonyl (C=O) groups is 1. The third-order valence-corrected chi connectivity index (χ3v) is 3.39. The molecule has 0 heterocycles. The van der Waals surface area contributed by atoms with Crippen molar-refractivity contribution in [3.8, 4) is 5.75 Å². The van der Waals surface area contributed by atoms with E-state index in [9.17, 15) is 4.79 Å². The summed E-state index contributed by atoms with van der Waals surface area (Å²) in [6, 6.07) is 7.90. The number of ether oxygens (including phenoxy) is 1. The van der Waals surface area contributed by atoms with Crippen molar-refractivity contribution in [1.82, 2.24) is 5.32 Å². The lowest BCUT2D eigenvalue weighted by molar-refractivity contribution is -0.143. The van der Waals surface area contributed by atoms with Gasteiger partial charge in [-0.3, -0.25) is 4.79 Å². The van der Waals surface area contributed by atoms with Gasteiger partial charge in [0.05, 0.1) is 11.5 Å². The molecule has 2 N–H and O–H groups in total. The van der Waals surface area contributed by atoms with Gasteiger partial charge < -0.3 is 15.2 Å². The number of benzene rings is 1. The second kappa shape index (κ2) is 5.61. The van der Waals surface area contributed by atoms with E-state index in [1.165, 1.54) is 0 Å². The van der Waals surface area contributed by atoms with Gasteiger partial charge in [0.1, 0.15) is 5.75 Å². The van der Waals surface area contributed by atoms with Gasteiger partial charge in [0.2, 0.25) is 0 Å². The zero-order valence-electron chi connectivity index (χ0n) is 11.5. The third kappa shape index (κ3) is 3.70. The zero-order chi connectivity index (χ0) is 13.9. The van der Waals surface area contributed by atoms with Crippen molar-refractivity contribution in [2.24, 2.45) is 5.41 Å². The van der Waals surface area contributed by atoms with E-state index >= 15 is 0 Å². The number of carboxylic acids is 1. The minimum Gasteiger partial charge on any atom is -0.491 e. The first-order valence-electron chi connectivity index (χ1n) is 6.71. The van der Waals surface area contributed by atoms with Gasteiger partial charge >= 0.3 is 5.97 Å². The summed E-state index contributed by atoms with van der Waals surface area (Å²) >= 11 is 0. The zero-order valence-corrected chi connectivity index (χ0v) is 11.5. The SMILES string of the molecule is CC(C)Oc1ccc(CNCC2(C(=O)O)CC2)cc1. The predicted octanol–water partition coefficient (Wildman–Crippen LogP) is 2.43. The second-order valence-electron chi connectivity index (χ2n) is 5.50. The molecule has 1 fully saturated rings. The molecule has 0 aromatic heterocycles. The minimum atomic E-state index is -0.680. The highest BCUT2D eigenvalue weighted by Gasteiger charge is 2.49. The standard InChI is InChI=1S/C15H21NO3/c1-11(2)19-13-5-3-12(4-6-13)9-16-10-15(7-8-15)14(17)18/h3-6,11,16H,7-10H2,1-2H3,(H,17,18). The molecule has 19 heavy (non-hydrogen) atoms. The maximum absolute atomic E-state index is 11.0. The first kappa shape index (κ1) is 13.9. The Bertz CT molecular complexity index is 435. The van der Waals surface area contributed by atoms with Crippen LogP contribution in [-0.4, -0.2) is 23.7 Å². The molecule has 0 spiro atoms. The molecule has 0 radical (unpaired) electrons. The lowest BCUT2D eigenvalue weighted by Gasteiger charge is -2.12. The van der Waals surface area contributed by atoms with Gasteiger partial charge in [-0.2, -0.15) is 0 Å². The van der Waals surface area contributed by atoms with Crippen molar-refractivity contribution in [2.75, 3.05) is 6.54 Å². The van der Waals surface area contributed by atoms with Gasteiger partial charge in [0.25, 0.3) is 0 Å². The third-order valence-electron chi connectivity index (χ3n) is 3.39. The quantitative estimate of drug-likeness (QED) is 0.793. The first-order valence-corrected chi connectivity index (χ1v) is 6.71. The van der Waals surface area contributed by atoms with Crippen LogP contribution in [0.3, 0.4) is 0 Å². The van der Waals surface area contributed by atoms with Crippen LogP contribution in [0.4, 0.5) is 0 Å². The molecular formula is C15H21NO3. The molecule has 4 heteroatoms. The Balaban J connectivity index is 1.79. The van der Waals surface area contributed by atoms with E-state index in [1.807, 2.05) is 38.1 Å². The summed E-state index contributed by atoms with van der Waals surface area (Å²) in [5, 5.41) is 12.3. The maximum Gasteiger partial charge on any atom is 0.310 e. The molecule has 2 rings (SSSR count). The van der Waals surface area contributed by atoms with Gasteiger partial charge in [-0.15, -0.1) is 0 Å². The number of hydrogen-bond acceptors (Lipinski definition) is 3. The summed E-state index contributed by atoms with van der Waals surface area (Å²) in [6.45, 7) is 5.23. The maximum atomic E-state index is 11.0. The number of rotatable bonds is 7. The molecule has 0 saturated heterocycles. The Kier molecular flexibility index (Phi) is 4.10. The summed E-state index contributed by atoms with van der Waals surface area (Å²) < 4.78 is 5.57. The smallest absolute Gasteiger partial charge is 0.310 e. The first-order chi connectivity index (χ1) is 9.02. The molecule has 1 aromatic carbocycles. The fourth-order valence-corrected chi connectivity index (χ4v) is 2.02. The summed E-state index contributed by atoms with van der Waals surface area (Å²) in [5.74, 6) is 0.184. The van der Waals surface area contributed by atoms with Crippen molar-refractivity contribution in [3.05, 3.63) is 29.8 Å². The van der Waals surface area contributed by atoms with E-state index in [2.05, 4.69) is 5.32 Å². The summed E-state index contributed by atoms with van der Waals surface area (Å²) in [5.41, 5.74) is 0.637. The van der Waals surface area contributed by atoms with Gasteiger partial charge in [0.15, 0.2) is 0 Å². The average Bonchev–Trinajstić information content (AvgIpc) is 3.12. The Morgan fingerprint density at radius 2 is 2.00 bits per heavy atom. The van der Waals surface area contributed by atoms with Gasteiger partial charge in [0, 0.05) is 13.1 Å². The Morgan fingerprint density at radius 3 is 2.47 bits per heavy atom. The van der Waals surface area contributed by atoms with E-state index in [1.54, 1.807) is 0 Å². The Labute approximate surface area is 113 Å². The normalized spacial score (nSPS) is 16.4. The lowest BCUT2D eigenvalue weighted by Crippen LogP contribution is -2.29. The highest BCUT2D eigenvalue weighted by atomic mass is 16.5. The van der Waals surface area contributed by atoms with E-state index < -0.39 is 11.4 Å². The summed E-state index contributed by atoms with van der Waals surface area (Å²) in [4.78, 5) is 11.0. The second-order valence-corrected chi connectivity index (χ2v) is 5.50. The van der Waals surface area contributed by atoms with Crippen molar-refractivity contribution in [1.29, 1.82) is 0 Å². The molecule has 1 aliphatic carbocycles. The topological polar surface area (TPSA) is 58.6 Å². The Morgan fingerprint density at radius 1 is 1.37 bits per heavy atom. The average molecular weight is 263 g/mol. The number of aliphatic carboxylic acids is 1.